The summed E-state index contributed by atoms with van der Waals surface area (Å²) in [4.78, 5) is 51.0. The smallest absolute Gasteiger partial charge is 0.338 e. The predicted molar refractivity (Wildman–Crippen MR) is 121 cm³/mol. The lowest BCUT2D eigenvalue weighted by Gasteiger charge is -2.08. The molecule has 33 heavy (non-hydrogen) atoms. The summed E-state index contributed by atoms with van der Waals surface area (Å²) in [5.74, 6) is -1.63. The fourth-order valence-corrected chi connectivity index (χ4v) is 3.87. The zero-order chi connectivity index (χ0) is 24.0. The minimum atomic E-state index is -0.677. The molecule has 3 rings (SSSR count). The van der Waals surface area contributed by atoms with Crippen LogP contribution in [0.15, 0.2) is 47.6 Å². The second-order valence-electron chi connectivity index (χ2n) is 6.66. The first-order valence-corrected chi connectivity index (χ1v) is 11.0. The van der Waals surface area contributed by atoms with E-state index in [2.05, 4.69) is 15.8 Å². The summed E-state index contributed by atoms with van der Waals surface area (Å²) in [6.45, 7) is 4.54. The molecule has 0 atom stereocenters. The Morgan fingerprint density at radius 2 is 1.91 bits per heavy atom. The van der Waals surface area contributed by atoms with Gasteiger partial charge in [0.05, 0.1) is 33.9 Å². The molecule has 1 heterocycles. The number of non-ortho nitro benzene ring substituents is 1. The Hall–Kier alpha value is -3.93. The van der Waals surface area contributed by atoms with Gasteiger partial charge in [0.1, 0.15) is 0 Å². The maximum atomic E-state index is 12.2. The van der Waals surface area contributed by atoms with Crippen molar-refractivity contribution in [3.05, 3.63) is 63.7 Å². The van der Waals surface area contributed by atoms with Gasteiger partial charge in [0.2, 0.25) is 5.91 Å². The highest BCUT2D eigenvalue weighted by molar-refractivity contribution is 7.99. The maximum absolute atomic E-state index is 12.2. The van der Waals surface area contributed by atoms with Gasteiger partial charge in [-0.25, -0.2) is 9.78 Å². The first-order valence-electron chi connectivity index (χ1n) is 9.97. The van der Waals surface area contributed by atoms with Crippen molar-refractivity contribution in [2.45, 2.75) is 25.5 Å². The van der Waals surface area contributed by atoms with Crippen molar-refractivity contribution < 1.29 is 24.0 Å². The first-order chi connectivity index (χ1) is 15.8. The molecule has 2 amide bonds. The highest BCUT2D eigenvalue weighted by Crippen LogP contribution is 2.25. The number of imidazole rings is 1. The number of nitrogens with one attached hydrogen (secondary N) is 2. The van der Waals surface area contributed by atoms with E-state index < -0.39 is 22.7 Å². The third-order valence-corrected chi connectivity index (χ3v) is 5.48. The van der Waals surface area contributed by atoms with Crippen molar-refractivity contribution in [3.63, 3.8) is 0 Å². The van der Waals surface area contributed by atoms with Crippen molar-refractivity contribution in [3.8, 4) is 0 Å². The fraction of sp³-hybridized carbons (Fsp3) is 0.238. The molecule has 0 radical (unpaired) electrons. The highest BCUT2D eigenvalue weighted by atomic mass is 32.2. The van der Waals surface area contributed by atoms with Gasteiger partial charge >= 0.3 is 5.97 Å². The number of hydrazine groups is 1. The van der Waals surface area contributed by atoms with Crippen molar-refractivity contribution >= 4 is 46.3 Å². The Kier molecular flexibility index (Phi) is 7.61. The lowest BCUT2D eigenvalue weighted by Crippen LogP contribution is -2.42. The van der Waals surface area contributed by atoms with E-state index in [0.29, 0.717) is 22.8 Å². The quantitative estimate of drug-likeness (QED) is 0.221. The molecule has 0 spiro atoms. The molecule has 3 aromatic rings. The van der Waals surface area contributed by atoms with Crippen LogP contribution in [0.3, 0.4) is 0 Å². The second kappa shape index (κ2) is 10.6. The van der Waals surface area contributed by atoms with E-state index in [0.717, 1.165) is 11.6 Å². The van der Waals surface area contributed by atoms with Gasteiger partial charge in [0.15, 0.2) is 5.16 Å². The predicted octanol–water partition coefficient (Wildman–Crippen LogP) is 2.69. The molecule has 2 aromatic carbocycles. The number of fused-ring (bicyclic) bond motifs is 1. The van der Waals surface area contributed by atoms with E-state index in [-0.39, 0.29) is 23.6 Å². The average molecular weight is 471 g/mol. The number of esters is 1. The number of rotatable bonds is 8. The molecule has 0 fully saturated rings. The Labute approximate surface area is 192 Å². The van der Waals surface area contributed by atoms with Crippen LogP contribution in [0, 0.1) is 10.1 Å². The molecule has 0 unspecified atom stereocenters. The zero-order valence-electron chi connectivity index (χ0n) is 17.9. The van der Waals surface area contributed by atoms with Gasteiger partial charge in [-0.1, -0.05) is 17.8 Å². The summed E-state index contributed by atoms with van der Waals surface area (Å²) < 4.78 is 6.92. The zero-order valence-corrected chi connectivity index (χ0v) is 18.7. The summed E-state index contributed by atoms with van der Waals surface area (Å²) in [6, 6.07) is 10.2. The summed E-state index contributed by atoms with van der Waals surface area (Å²) >= 11 is 1.17. The van der Waals surface area contributed by atoms with Crippen LogP contribution in [0.5, 0.6) is 0 Å². The van der Waals surface area contributed by atoms with Gasteiger partial charge in [-0.05, 0) is 38.1 Å². The number of benzene rings is 2. The molecule has 1 aromatic heterocycles. The Balaban J connectivity index is 1.62. The number of nitro groups is 1. The molecule has 0 aliphatic heterocycles. The number of hydrogen-bond donors (Lipinski definition) is 2. The van der Waals surface area contributed by atoms with E-state index in [9.17, 15) is 24.5 Å². The van der Waals surface area contributed by atoms with Crippen LogP contribution in [0.2, 0.25) is 0 Å². The molecule has 0 aliphatic carbocycles. The van der Waals surface area contributed by atoms with E-state index >= 15 is 0 Å². The van der Waals surface area contributed by atoms with E-state index in [1.54, 1.807) is 25.1 Å². The van der Waals surface area contributed by atoms with Gasteiger partial charge in [-0.3, -0.25) is 30.6 Å². The SMILES string of the molecule is CCOC(=O)c1ccc2c(c1)nc(SCC(=O)NNC(=O)c1cccc([N+](=O)[O-])c1)n2CC. The molecule has 11 nitrogen and oxygen atoms in total. The standard InChI is InChI=1S/C21H21N5O6S/c1-3-25-17-9-8-14(20(29)32-4-2)11-16(17)22-21(25)33-12-18(27)23-24-19(28)13-6-5-7-15(10-13)26(30)31/h5-11H,3-4,12H2,1-2H3,(H,23,27)(H,24,28). The van der Waals surface area contributed by atoms with Gasteiger partial charge < -0.3 is 9.30 Å². The first kappa shape index (κ1) is 23.7. The highest BCUT2D eigenvalue weighted by Gasteiger charge is 2.16. The molecule has 0 saturated heterocycles. The van der Waals surface area contributed by atoms with Crippen LogP contribution < -0.4 is 10.9 Å². The lowest BCUT2D eigenvalue weighted by atomic mass is 10.2. The summed E-state index contributed by atoms with van der Waals surface area (Å²) in [6.07, 6.45) is 0. The number of hydrogen-bond acceptors (Lipinski definition) is 8. The van der Waals surface area contributed by atoms with Crippen molar-refractivity contribution in [1.29, 1.82) is 0 Å². The number of carbonyl (C=O) groups is 3. The minimum absolute atomic E-state index is 0.0384. The molecule has 0 aliphatic rings. The van der Waals surface area contributed by atoms with Crippen molar-refractivity contribution in [1.82, 2.24) is 20.4 Å². The number of amides is 2. The van der Waals surface area contributed by atoms with Crippen molar-refractivity contribution in [2.24, 2.45) is 0 Å². The van der Waals surface area contributed by atoms with Crippen molar-refractivity contribution in [2.75, 3.05) is 12.4 Å². The van der Waals surface area contributed by atoms with Gasteiger partial charge in [0.25, 0.3) is 11.6 Å². The lowest BCUT2D eigenvalue weighted by molar-refractivity contribution is -0.384. The summed E-state index contributed by atoms with van der Waals surface area (Å²) in [5.41, 5.74) is 6.14. The molecular weight excluding hydrogens is 450 g/mol. The molecule has 12 heteroatoms. The van der Waals surface area contributed by atoms with Crippen LogP contribution >= 0.6 is 11.8 Å². The second-order valence-corrected chi connectivity index (χ2v) is 7.60. The van der Waals surface area contributed by atoms with Crippen LogP contribution in [-0.4, -0.2) is 44.6 Å². The van der Waals surface area contributed by atoms with Gasteiger partial charge in [-0.2, -0.15) is 0 Å². The number of nitrogens with zero attached hydrogens (tertiary/aromatic N) is 3. The maximum Gasteiger partial charge on any atom is 0.338 e. The van der Waals surface area contributed by atoms with E-state index in [1.807, 2.05) is 11.5 Å². The number of thioether (sulfide) groups is 1. The monoisotopic (exact) mass is 471 g/mol. The number of aryl methyl sites for hydroxylation is 1. The Bertz CT molecular complexity index is 1230. The average Bonchev–Trinajstić information content (AvgIpc) is 3.18. The van der Waals surface area contributed by atoms with Gasteiger partial charge in [-0.15, -0.1) is 0 Å². The summed E-state index contributed by atoms with van der Waals surface area (Å²) in [7, 11) is 0. The van der Waals surface area contributed by atoms with Gasteiger partial charge in [0, 0.05) is 24.2 Å². The third-order valence-electron chi connectivity index (χ3n) is 4.51. The largest absolute Gasteiger partial charge is 0.462 e. The minimum Gasteiger partial charge on any atom is -0.462 e. The molecule has 0 saturated carbocycles. The fourth-order valence-electron chi connectivity index (χ4n) is 2.99. The molecule has 172 valence electrons. The molecular formula is C21H21N5O6S. The summed E-state index contributed by atoms with van der Waals surface area (Å²) in [5, 5.41) is 11.4. The number of carbonyl (C=O) groups excluding carboxylic acids is 3. The topological polar surface area (TPSA) is 145 Å². The number of nitro benzene ring substituents is 1. The van der Waals surface area contributed by atoms with Crippen LogP contribution in [0.1, 0.15) is 34.6 Å². The van der Waals surface area contributed by atoms with E-state index in [4.69, 9.17) is 4.74 Å². The normalized spacial score (nSPS) is 10.6. The van der Waals surface area contributed by atoms with E-state index in [1.165, 1.54) is 30.0 Å². The Morgan fingerprint density at radius 3 is 2.61 bits per heavy atom. The number of ether oxygens (including phenoxy) is 1. The van der Waals surface area contributed by atoms with Crippen LogP contribution in [0.4, 0.5) is 5.69 Å². The van der Waals surface area contributed by atoms with Crippen LogP contribution in [-0.2, 0) is 16.1 Å². The molecule has 0 bridgehead atoms. The Morgan fingerprint density at radius 1 is 1.12 bits per heavy atom. The van der Waals surface area contributed by atoms with Crippen LogP contribution in [0.25, 0.3) is 11.0 Å². The third kappa shape index (κ3) is 5.66. The molecule has 2 N–H and O–H groups in total. The number of aromatic nitrogens is 2.